The molecule has 2 nitrogen and oxygen atoms in total. The van der Waals surface area contributed by atoms with E-state index in [1.807, 2.05) is 0 Å². The molecule has 0 radical (unpaired) electrons. The van der Waals surface area contributed by atoms with Gasteiger partial charge in [-0.15, -0.1) is 0 Å². The Morgan fingerprint density at radius 3 is 2.46 bits per heavy atom. The minimum Gasteiger partial charge on any atom is -0.325 e. The van der Waals surface area contributed by atoms with Gasteiger partial charge in [0.2, 0.25) is 0 Å². The van der Waals surface area contributed by atoms with E-state index in [9.17, 15) is 8.78 Å². The average molecular weight is 227 g/mol. The molecule has 0 unspecified atom stereocenters. The molecule has 1 heterocycles. The van der Waals surface area contributed by atoms with Crippen molar-refractivity contribution in [1.29, 1.82) is 0 Å². The van der Waals surface area contributed by atoms with Crippen molar-refractivity contribution in [2.75, 3.05) is 6.54 Å². The van der Waals surface area contributed by atoms with Crippen molar-refractivity contribution in [3.63, 3.8) is 0 Å². The molecule has 0 amide bonds. The molecule has 72 valence electrons. The molecule has 0 atom stereocenters. The second kappa shape index (κ2) is 3.74. The van der Waals surface area contributed by atoms with Crippen molar-refractivity contribution in [3.05, 3.63) is 28.0 Å². The van der Waals surface area contributed by atoms with E-state index >= 15 is 0 Å². The van der Waals surface area contributed by atoms with Crippen molar-refractivity contribution in [2.24, 2.45) is 5.73 Å². The second-order valence-electron chi connectivity index (χ2n) is 2.40. The van der Waals surface area contributed by atoms with Crippen molar-refractivity contribution in [1.82, 2.24) is 4.98 Å². The van der Waals surface area contributed by atoms with Crippen LogP contribution in [0.1, 0.15) is 5.69 Å². The number of hydrogen-bond acceptors (Lipinski definition) is 2. The highest BCUT2D eigenvalue weighted by atomic mass is 35.5. The summed E-state index contributed by atoms with van der Waals surface area (Å²) in [7, 11) is 0. The van der Waals surface area contributed by atoms with Crippen LogP contribution in [0.4, 0.5) is 8.78 Å². The zero-order chi connectivity index (χ0) is 10.1. The number of hydrogen-bond donors (Lipinski definition) is 1. The van der Waals surface area contributed by atoms with Crippen LogP contribution < -0.4 is 5.73 Å². The first-order valence-corrected chi connectivity index (χ1v) is 4.13. The number of nitrogens with zero attached hydrogens (tertiary/aromatic N) is 1. The van der Waals surface area contributed by atoms with E-state index in [1.165, 1.54) is 6.07 Å². The number of aromatic nitrogens is 1. The van der Waals surface area contributed by atoms with Gasteiger partial charge >= 0.3 is 5.92 Å². The van der Waals surface area contributed by atoms with Crippen LogP contribution in [0.15, 0.2) is 12.1 Å². The molecule has 0 aliphatic rings. The Kier molecular flexibility index (Phi) is 3.05. The van der Waals surface area contributed by atoms with Crippen LogP contribution in [0.5, 0.6) is 0 Å². The van der Waals surface area contributed by atoms with Crippen molar-refractivity contribution in [3.8, 4) is 0 Å². The SMILES string of the molecule is NCC(F)(F)c1cc(Cl)cc(Cl)n1. The highest BCUT2D eigenvalue weighted by molar-refractivity contribution is 6.33. The zero-order valence-electron chi connectivity index (χ0n) is 6.40. The first-order chi connectivity index (χ1) is 5.95. The largest absolute Gasteiger partial charge is 0.325 e. The Bertz CT molecular complexity index is 297. The molecule has 1 aromatic rings. The number of nitrogens with two attached hydrogens (primary N) is 1. The lowest BCUT2D eigenvalue weighted by Gasteiger charge is -2.13. The molecule has 6 heteroatoms. The second-order valence-corrected chi connectivity index (χ2v) is 3.23. The molecule has 0 saturated heterocycles. The summed E-state index contributed by atoms with van der Waals surface area (Å²) in [4.78, 5) is 3.43. The minimum absolute atomic E-state index is 0.0735. The fourth-order valence-corrected chi connectivity index (χ4v) is 1.23. The van der Waals surface area contributed by atoms with Gasteiger partial charge in [0.05, 0.1) is 6.54 Å². The summed E-state index contributed by atoms with van der Waals surface area (Å²) in [5.74, 6) is -3.19. The van der Waals surface area contributed by atoms with Crippen LogP contribution in [-0.4, -0.2) is 11.5 Å². The summed E-state index contributed by atoms with van der Waals surface area (Å²) < 4.78 is 25.9. The van der Waals surface area contributed by atoms with Crippen LogP contribution in [-0.2, 0) is 5.92 Å². The van der Waals surface area contributed by atoms with Crippen LogP contribution in [0.2, 0.25) is 10.2 Å². The van der Waals surface area contributed by atoms with Gasteiger partial charge in [0.25, 0.3) is 0 Å². The standard InChI is InChI=1S/C7H6Cl2F2N2/c8-4-1-5(7(10,11)3-12)13-6(9)2-4/h1-2H,3,12H2. The highest BCUT2D eigenvalue weighted by Gasteiger charge is 2.31. The molecule has 1 rings (SSSR count). The van der Waals surface area contributed by atoms with E-state index < -0.39 is 18.2 Å². The fourth-order valence-electron chi connectivity index (χ4n) is 0.758. The molecule has 0 aliphatic heterocycles. The first-order valence-electron chi connectivity index (χ1n) is 3.37. The van der Waals surface area contributed by atoms with Gasteiger partial charge in [0.1, 0.15) is 10.8 Å². The summed E-state index contributed by atoms with van der Waals surface area (Å²) >= 11 is 11.0. The van der Waals surface area contributed by atoms with E-state index in [2.05, 4.69) is 4.98 Å². The summed E-state index contributed by atoms with van der Waals surface area (Å²) in [6.07, 6.45) is 0. The van der Waals surface area contributed by atoms with E-state index in [4.69, 9.17) is 28.9 Å². The number of rotatable bonds is 2. The van der Waals surface area contributed by atoms with Gasteiger partial charge in [0.15, 0.2) is 0 Å². The van der Waals surface area contributed by atoms with Crippen LogP contribution in [0.25, 0.3) is 0 Å². The van der Waals surface area contributed by atoms with E-state index in [0.29, 0.717) is 0 Å². The molecule has 13 heavy (non-hydrogen) atoms. The molecule has 0 fully saturated rings. The molecular weight excluding hydrogens is 221 g/mol. The monoisotopic (exact) mass is 226 g/mol. The van der Waals surface area contributed by atoms with Crippen LogP contribution in [0.3, 0.4) is 0 Å². The molecule has 1 aromatic heterocycles. The smallest absolute Gasteiger partial charge is 0.301 e. The minimum atomic E-state index is -3.19. The number of pyridine rings is 1. The topological polar surface area (TPSA) is 38.9 Å². The van der Waals surface area contributed by atoms with Crippen molar-refractivity contribution < 1.29 is 8.78 Å². The lowest BCUT2D eigenvalue weighted by molar-refractivity contribution is 0.00141. The molecule has 0 aliphatic carbocycles. The number of halogens is 4. The van der Waals surface area contributed by atoms with Gasteiger partial charge < -0.3 is 5.73 Å². The lowest BCUT2D eigenvalue weighted by atomic mass is 10.2. The Morgan fingerprint density at radius 1 is 1.38 bits per heavy atom. The maximum Gasteiger partial charge on any atom is 0.301 e. The molecule has 2 N–H and O–H groups in total. The van der Waals surface area contributed by atoms with Gasteiger partial charge in [-0.3, -0.25) is 0 Å². The van der Waals surface area contributed by atoms with Gasteiger partial charge in [-0.2, -0.15) is 8.78 Å². The quantitative estimate of drug-likeness (QED) is 0.788. The molecular formula is C7H6Cl2F2N2. The predicted octanol–water partition coefficient (Wildman–Crippen LogP) is 2.44. The average Bonchev–Trinajstić information content (AvgIpc) is 2.02. The Morgan fingerprint density at radius 2 is 2.00 bits per heavy atom. The Balaban J connectivity index is 3.15. The normalized spacial score (nSPS) is 11.8. The summed E-state index contributed by atoms with van der Waals surface area (Å²) in [5.41, 5.74) is 4.36. The molecule has 0 spiro atoms. The maximum absolute atomic E-state index is 12.9. The molecule has 0 aromatic carbocycles. The van der Waals surface area contributed by atoms with E-state index in [-0.39, 0.29) is 10.2 Å². The lowest BCUT2D eigenvalue weighted by Crippen LogP contribution is -2.26. The van der Waals surface area contributed by atoms with Crippen LogP contribution in [0, 0.1) is 0 Å². The summed E-state index contributed by atoms with van der Waals surface area (Å²) in [6, 6.07) is 2.32. The first kappa shape index (κ1) is 10.6. The van der Waals surface area contributed by atoms with Gasteiger partial charge in [0, 0.05) is 5.02 Å². The Hall–Kier alpha value is -0.450. The highest BCUT2D eigenvalue weighted by Crippen LogP contribution is 2.28. The third-order valence-corrected chi connectivity index (χ3v) is 1.80. The fraction of sp³-hybridized carbons (Fsp3) is 0.286. The third-order valence-electron chi connectivity index (χ3n) is 1.39. The predicted molar refractivity (Wildman–Crippen MR) is 47.2 cm³/mol. The van der Waals surface area contributed by atoms with Gasteiger partial charge in [-0.1, -0.05) is 23.2 Å². The van der Waals surface area contributed by atoms with E-state index in [1.54, 1.807) is 0 Å². The summed E-state index contributed by atoms with van der Waals surface area (Å²) in [5, 5.41) is 0.0405. The van der Waals surface area contributed by atoms with Gasteiger partial charge in [-0.25, -0.2) is 4.98 Å². The summed E-state index contributed by atoms with van der Waals surface area (Å²) in [6.45, 7) is -0.823. The third kappa shape index (κ3) is 2.49. The molecule has 0 bridgehead atoms. The number of alkyl halides is 2. The van der Waals surface area contributed by atoms with Crippen LogP contribution >= 0.6 is 23.2 Å². The maximum atomic E-state index is 12.9. The Labute approximate surface area is 83.7 Å². The zero-order valence-corrected chi connectivity index (χ0v) is 7.91. The van der Waals surface area contributed by atoms with Crippen molar-refractivity contribution >= 4 is 23.2 Å². The van der Waals surface area contributed by atoms with Crippen molar-refractivity contribution in [2.45, 2.75) is 5.92 Å². The molecule has 0 saturated carbocycles. The van der Waals surface area contributed by atoms with Gasteiger partial charge in [-0.05, 0) is 12.1 Å². The van der Waals surface area contributed by atoms with E-state index in [0.717, 1.165) is 6.07 Å².